The number of hydrogen-bond acceptors (Lipinski definition) is 3. The molecule has 1 aromatic carbocycles. The number of ether oxygens (including phenoxy) is 1. The van der Waals surface area contributed by atoms with Crippen LogP contribution in [0.3, 0.4) is 0 Å². The van der Waals surface area contributed by atoms with Crippen LogP contribution in [0.5, 0.6) is 0 Å². The molecule has 0 spiro atoms. The highest BCUT2D eigenvalue weighted by molar-refractivity contribution is 5.85. The van der Waals surface area contributed by atoms with Gasteiger partial charge in [-0.3, -0.25) is 4.79 Å². The van der Waals surface area contributed by atoms with E-state index >= 15 is 0 Å². The lowest BCUT2D eigenvalue weighted by molar-refractivity contribution is -0.146. The van der Waals surface area contributed by atoms with E-state index in [2.05, 4.69) is 5.32 Å². The third-order valence-electron chi connectivity index (χ3n) is 3.16. The largest absolute Gasteiger partial charge is 0.461 e. The van der Waals surface area contributed by atoms with Crippen LogP contribution >= 0.6 is 12.4 Å². The molecule has 0 aliphatic carbocycles. The number of carbonyl (C=O) groups excluding carboxylic acids is 1. The van der Waals surface area contributed by atoms with Gasteiger partial charge in [-0.25, -0.2) is 0 Å². The molecule has 1 heterocycles. The fourth-order valence-corrected chi connectivity index (χ4v) is 2.12. The van der Waals surface area contributed by atoms with E-state index in [1.54, 1.807) is 0 Å². The van der Waals surface area contributed by atoms with Crippen molar-refractivity contribution in [2.24, 2.45) is 5.92 Å². The predicted molar refractivity (Wildman–Crippen MR) is 73.7 cm³/mol. The van der Waals surface area contributed by atoms with E-state index < -0.39 is 0 Å². The van der Waals surface area contributed by atoms with Crippen LogP contribution in [-0.2, 0) is 16.1 Å². The van der Waals surface area contributed by atoms with Gasteiger partial charge in [0.2, 0.25) is 0 Å². The molecular weight excluding hydrogens is 250 g/mol. The molecule has 2 rings (SSSR count). The summed E-state index contributed by atoms with van der Waals surface area (Å²) in [6.07, 6.45) is 2.73. The first-order valence-corrected chi connectivity index (χ1v) is 6.25. The average molecular weight is 270 g/mol. The van der Waals surface area contributed by atoms with Crippen molar-refractivity contribution >= 4 is 18.4 Å². The van der Waals surface area contributed by atoms with Crippen LogP contribution in [0.25, 0.3) is 0 Å². The highest BCUT2D eigenvalue weighted by atomic mass is 35.5. The second-order valence-corrected chi connectivity index (χ2v) is 4.54. The van der Waals surface area contributed by atoms with Gasteiger partial charge in [0.1, 0.15) is 6.61 Å². The quantitative estimate of drug-likeness (QED) is 0.854. The summed E-state index contributed by atoms with van der Waals surface area (Å²) >= 11 is 0. The molecule has 100 valence electrons. The van der Waals surface area contributed by atoms with Crippen molar-refractivity contribution in [1.82, 2.24) is 5.32 Å². The van der Waals surface area contributed by atoms with Gasteiger partial charge in [0, 0.05) is 6.42 Å². The fraction of sp³-hybridized carbons (Fsp3) is 0.500. The van der Waals surface area contributed by atoms with E-state index in [0.717, 1.165) is 31.5 Å². The van der Waals surface area contributed by atoms with Gasteiger partial charge < -0.3 is 10.1 Å². The number of piperidine rings is 1. The van der Waals surface area contributed by atoms with Crippen molar-refractivity contribution < 1.29 is 9.53 Å². The van der Waals surface area contributed by atoms with Crippen LogP contribution in [0, 0.1) is 5.92 Å². The van der Waals surface area contributed by atoms with Gasteiger partial charge in [0.15, 0.2) is 0 Å². The molecule has 0 aromatic heterocycles. The second-order valence-electron chi connectivity index (χ2n) is 4.54. The van der Waals surface area contributed by atoms with Crippen molar-refractivity contribution in [3.05, 3.63) is 35.9 Å². The molecule has 0 saturated carbocycles. The summed E-state index contributed by atoms with van der Waals surface area (Å²) in [7, 11) is 0. The lowest BCUT2D eigenvalue weighted by atomic mass is 9.95. The molecule has 1 aliphatic rings. The van der Waals surface area contributed by atoms with Gasteiger partial charge in [-0.2, -0.15) is 0 Å². The number of esters is 1. The molecule has 1 saturated heterocycles. The lowest BCUT2D eigenvalue weighted by Gasteiger charge is -2.21. The molecular formula is C14H20ClNO2. The van der Waals surface area contributed by atoms with E-state index in [1.165, 1.54) is 0 Å². The Balaban J connectivity index is 0.00000162. The molecule has 1 N–H and O–H groups in total. The summed E-state index contributed by atoms with van der Waals surface area (Å²) in [4.78, 5) is 11.6. The first-order valence-electron chi connectivity index (χ1n) is 6.25. The normalized spacial score (nSPS) is 15.8. The predicted octanol–water partition coefficient (Wildman–Crippen LogP) is 2.54. The summed E-state index contributed by atoms with van der Waals surface area (Å²) in [6.45, 7) is 2.44. The topological polar surface area (TPSA) is 38.3 Å². The Morgan fingerprint density at radius 3 is 2.56 bits per heavy atom. The van der Waals surface area contributed by atoms with Crippen molar-refractivity contribution in [2.45, 2.75) is 25.9 Å². The average Bonchev–Trinajstić information content (AvgIpc) is 2.39. The van der Waals surface area contributed by atoms with Crippen LogP contribution < -0.4 is 5.32 Å². The van der Waals surface area contributed by atoms with E-state index in [4.69, 9.17) is 4.74 Å². The molecule has 0 radical (unpaired) electrons. The van der Waals surface area contributed by atoms with Crippen LogP contribution in [0.4, 0.5) is 0 Å². The van der Waals surface area contributed by atoms with E-state index in [0.29, 0.717) is 18.9 Å². The lowest BCUT2D eigenvalue weighted by Crippen LogP contribution is -2.29. The zero-order valence-electron chi connectivity index (χ0n) is 10.4. The SMILES string of the molecule is Cl.O=C(CC1CCNCC1)OCc1ccccc1. The summed E-state index contributed by atoms with van der Waals surface area (Å²) in [6, 6.07) is 9.81. The Hall–Kier alpha value is -1.06. The fourth-order valence-electron chi connectivity index (χ4n) is 2.12. The molecule has 4 heteroatoms. The van der Waals surface area contributed by atoms with Gasteiger partial charge in [0.25, 0.3) is 0 Å². The molecule has 1 aromatic rings. The van der Waals surface area contributed by atoms with Crippen LogP contribution in [0.15, 0.2) is 30.3 Å². The molecule has 0 amide bonds. The summed E-state index contributed by atoms with van der Waals surface area (Å²) < 4.78 is 5.27. The maximum absolute atomic E-state index is 11.6. The van der Waals surface area contributed by atoms with Crippen LogP contribution in [0.2, 0.25) is 0 Å². The van der Waals surface area contributed by atoms with E-state index in [-0.39, 0.29) is 18.4 Å². The summed E-state index contributed by atoms with van der Waals surface area (Å²) in [5.41, 5.74) is 1.05. The van der Waals surface area contributed by atoms with Crippen LogP contribution in [0.1, 0.15) is 24.8 Å². The van der Waals surface area contributed by atoms with Crippen molar-refractivity contribution in [3.8, 4) is 0 Å². The minimum absolute atomic E-state index is 0. The minimum Gasteiger partial charge on any atom is -0.461 e. The molecule has 1 aliphatic heterocycles. The van der Waals surface area contributed by atoms with Crippen molar-refractivity contribution in [1.29, 1.82) is 0 Å². The standard InChI is InChI=1S/C14H19NO2.ClH/c16-14(10-12-6-8-15-9-7-12)17-11-13-4-2-1-3-5-13;/h1-5,12,15H,6-11H2;1H. The smallest absolute Gasteiger partial charge is 0.306 e. The van der Waals surface area contributed by atoms with Crippen LogP contribution in [-0.4, -0.2) is 19.1 Å². The number of halogens is 1. The highest BCUT2D eigenvalue weighted by Crippen LogP contribution is 2.16. The first-order chi connectivity index (χ1) is 8.34. The number of nitrogens with one attached hydrogen (secondary N) is 1. The maximum atomic E-state index is 11.6. The third-order valence-corrected chi connectivity index (χ3v) is 3.16. The van der Waals surface area contributed by atoms with E-state index in [1.807, 2.05) is 30.3 Å². The van der Waals surface area contributed by atoms with Gasteiger partial charge in [-0.1, -0.05) is 30.3 Å². The number of carbonyl (C=O) groups is 1. The Morgan fingerprint density at radius 1 is 1.22 bits per heavy atom. The molecule has 0 atom stereocenters. The Labute approximate surface area is 114 Å². The molecule has 0 unspecified atom stereocenters. The van der Waals surface area contributed by atoms with Gasteiger partial charge in [0.05, 0.1) is 0 Å². The van der Waals surface area contributed by atoms with Gasteiger partial charge >= 0.3 is 5.97 Å². The first kappa shape index (κ1) is 15.0. The van der Waals surface area contributed by atoms with Crippen molar-refractivity contribution in [3.63, 3.8) is 0 Å². The Bertz CT molecular complexity index is 350. The summed E-state index contributed by atoms with van der Waals surface area (Å²) in [5, 5.41) is 3.29. The minimum atomic E-state index is -0.0687. The van der Waals surface area contributed by atoms with Gasteiger partial charge in [-0.15, -0.1) is 12.4 Å². The molecule has 3 nitrogen and oxygen atoms in total. The number of rotatable bonds is 4. The zero-order valence-corrected chi connectivity index (χ0v) is 11.2. The number of hydrogen-bond donors (Lipinski definition) is 1. The maximum Gasteiger partial charge on any atom is 0.306 e. The third kappa shape index (κ3) is 5.07. The Morgan fingerprint density at radius 2 is 1.89 bits per heavy atom. The molecule has 1 fully saturated rings. The monoisotopic (exact) mass is 269 g/mol. The summed E-state index contributed by atoms with van der Waals surface area (Å²) in [5.74, 6) is 0.431. The van der Waals surface area contributed by atoms with Crippen molar-refractivity contribution in [2.75, 3.05) is 13.1 Å². The molecule has 0 bridgehead atoms. The van der Waals surface area contributed by atoms with Gasteiger partial charge in [-0.05, 0) is 37.4 Å². The van der Waals surface area contributed by atoms with E-state index in [9.17, 15) is 4.79 Å². The second kappa shape index (κ2) is 8.11. The Kier molecular flexibility index (Phi) is 6.76. The number of benzene rings is 1. The highest BCUT2D eigenvalue weighted by Gasteiger charge is 2.17. The molecule has 18 heavy (non-hydrogen) atoms. The zero-order chi connectivity index (χ0) is 11.9.